The van der Waals surface area contributed by atoms with Crippen molar-refractivity contribution >= 4 is 23.0 Å². The molecule has 184 valence electrons. The van der Waals surface area contributed by atoms with Gasteiger partial charge in [0, 0.05) is 32.2 Å². The number of nitrogens with one attached hydrogen (secondary N) is 2. The molecule has 8 heteroatoms. The van der Waals surface area contributed by atoms with Gasteiger partial charge in [-0.15, -0.1) is 0 Å². The Morgan fingerprint density at radius 3 is 2.69 bits per heavy atom. The fourth-order valence-electron chi connectivity index (χ4n) is 5.42. The number of ether oxygens (including phenoxy) is 1. The molecule has 35 heavy (non-hydrogen) atoms. The Balaban J connectivity index is 1.38. The lowest BCUT2D eigenvalue weighted by Gasteiger charge is -2.37. The highest BCUT2D eigenvalue weighted by molar-refractivity contribution is 5.98. The van der Waals surface area contributed by atoms with Crippen molar-refractivity contribution in [3.8, 4) is 17.6 Å². The van der Waals surface area contributed by atoms with E-state index >= 15 is 0 Å². The number of nitriles is 1. The standard InChI is InChI=1S/C27H33N5O3/c1-2-31-9-11-32(12-10-31)23-14-20(19-5-3-4-6-19)24(33)15-21(23)30-27(34)26-17-29-22-13-18(16-28)7-8-25(22)35-26/h7-8,13-15,19,26,29,33H,2-6,9-12,17H2,1H3,(H,30,34). The van der Waals surface area contributed by atoms with Crippen molar-refractivity contribution in [2.24, 2.45) is 0 Å². The molecule has 2 heterocycles. The smallest absolute Gasteiger partial charge is 0.267 e. The Bertz CT molecular complexity index is 1130. The minimum atomic E-state index is -0.725. The van der Waals surface area contributed by atoms with Crippen LogP contribution in [0.25, 0.3) is 0 Å². The van der Waals surface area contributed by atoms with Gasteiger partial charge < -0.3 is 30.3 Å². The second-order valence-electron chi connectivity index (χ2n) is 9.63. The van der Waals surface area contributed by atoms with Gasteiger partial charge in [-0.05, 0) is 55.1 Å². The van der Waals surface area contributed by atoms with Crippen LogP contribution in [0.15, 0.2) is 30.3 Å². The average molecular weight is 476 g/mol. The molecule has 5 rings (SSSR count). The number of carbonyl (C=O) groups excluding carboxylic acids is 1. The van der Waals surface area contributed by atoms with E-state index in [2.05, 4.69) is 39.5 Å². The maximum absolute atomic E-state index is 13.2. The maximum Gasteiger partial charge on any atom is 0.267 e. The van der Waals surface area contributed by atoms with Crippen molar-refractivity contribution in [1.82, 2.24) is 4.90 Å². The molecule has 2 aromatic rings. The third-order valence-corrected chi connectivity index (χ3v) is 7.51. The number of carbonyl (C=O) groups is 1. The van der Waals surface area contributed by atoms with E-state index in [0.29, 0.717) is 35.2 Å². The molecule has 0 radical (unpaired) electrons. The normalized spacial score (nSPS) is 20.5. The van der Waals surface area contributed by atoms with Gasteiger partial charge in [-0.2, -0.15) is 5.26 Å². The first kappa shape index (κ1) is 23.3. The van der Waals surface area contributed by atoms with Crippen LogP contribution in [0.3, 0.4) is 0 Å². The summed E-state index contributed by atoms with van der Waals surface area (Å²) in [6, 6.07) is 11.0. The number of phenolic OH excluding ortho intramolecular Hbond substituents is 1. The summed E-state index contributed by atoms with van der Waals surface area (Å²) in [6.07, 6.45) is 3.84. The number of anilines is 3. The Morgan fingerprint density at radius 2 is 1.97 bits per heavy atom. The predicted molar refractivity (Wildman–Crippen MR) is 136 cm³/mol. The number of hydrogen-bond acceptors (Lipinski definition) is 7. The highest BCUT2D eigenvalue weighted by atomic mass is 16.5. The minimum Gasteiger partial charge on any atom is -0.508 e. The van der Waals surface area contributed by atoms with Gasteiger partial charge in [0.25, 0.3) is 5.91 Å². The summed E-state index contributed by atoms with van der Waals surface area (Å²) in [5, 5.41) is 26.3. The fraction of sp³-hybridized carbons (Fsp3) is 0.481. The summed E-state index contributed by atoms with van der Waals surface area (Å²) in [4.78, 5) is 18.0. The zero-order valence-electron chi connectivity index (χ0n) is 20.2. The van der Waals surface area contributed by atoms with Gasteiger partial charge >= 0.3 is 0 Å². The first-order chi connectivity index (χ1) is 17.1. The quantitative estimate of drug-likeness (QED) is 0.603. The highest BCUT2D eigenvalue weighted by Crippen LogP contribution is 2.43. The molecule has 2 aliphatic heterocycles. The fourth-order valence-corrected chi connectivity index (χ4v) is 5.42. The molecule has 2 fully saturated rings. The lowest BCUT2D eigenvalue weighted by Crippen LogP contribution is -2.46. The van der Waals surface area contributed by atoms with Crippen LogP contribution in [0.4, 0.5) is 17.1 Å². The van der Waals surface area contributed by atoms with Crippen LogP contribution >= 0.6 is 0 Å². The van der Waals surface area contributed by atoms with E-state index in [-0.39, 0.29) is 11.7 Å². The van der Waals surface area contributed by atoms with Crippen LogP contribution in [0.2, 0.25) is 0 Å². The van der Waals surface area contributed by atoms with Crippen molar-refractivity contribution < 1.29 is 14.6 Å². The number of piperazine rings is 1. The van der Waals surface area contributed by atoms with E-state index in [1.165, 1.54) is 12.8 Å². The van der Waals surface area contributed by atoms with Gasteiger partial charge in [0.05, 0.1) is 35.2 Å². The van der Waals surface area contributed by atoms with Crippen molar-refractivity contribution in [3.63, 3.8) is 0 Å². The van der Waals surface area contributed by atoms with Gasteiger partial charge in [-0.25, -0.2) is 0 Å². The largest absolute Gasteiger partial charge is 0.508 e. The number of phenols is 1. The molecule has 8 nitrogen and oxygen atoms in total. The molecule has 0 spiro atoms. The number of aromatic hydroxyl groups is 1. The molecule has 1 aliphatic carbocycles. The maximum atomic E-state index is 13.2. The third-order valence-electron chi connectivity index (χ3n) is 7.51. The SMILES string of the molecule is CCN1CCN(c2cc(C3CCCC3)c(O)cc2NC(=O)C2CNc3cc(C#N)ccc3O2)CC1. The Labute approximate surface area is 206 Å². The highest BCUT2D eigenvalue weighted by Gasteiger charge is 2.29. The second kappa shape index (κ2) is 10.0. The summed E-state index contributed by atoms with van der Waals surface area (Å²) < 4.78 is 5.95. The first-order valence-electron chi connectivity index (χ1n) is 12.7. The number of benzene rings is 2. The Hall–Kier alpha value is -3.44. The van der Waals surface area contributed by atoms with Crippen LogP contribution in [-0.4, -0.2) is 61.3 Å². The van der Waals surface area contributed by atoms with E-state index in [1.54, 1.807) is 24.3 Å². The van der Waals surface area contributed by atoms with E-state index in [9.17, 15) is 9.90 Å². The first-order valence-corrected chi connectivity index (χ1v) is 12.7. The predicted octanol–water partition coefficient (Wildman–Crippen LogP) is 3.87. The topological polar surface area (TPSA) is 101 Å². The van der Waals surface area contributed by atoms with Crippen LogP contribution < -0.4 is 20.3 Å². The minimum absolute atomic E-state index is 0.250. The van der Waals surface area contributed by atoms with Gasteiger partial charge in [-0.3, -0.25) is 4.79 Å². The molecule has 2 aromatic carbocycles. The average Bonchev–Trinajstić information content (AvgIpc) is 3.43. The Kier molecular flexibility index (Phi) is 6.69. The van der Waals surface area contributed by atoms with Crippen LogP contribution in [-0.2, 0) is 4.79 Å². The van der Waals surface area contributed by atoms with E-state index < -0.39 is 6.10 Å². The van der Waals surface area contributed by atoms with Gasteiger partial charge in [-0.1, -0.05) is 19.8 Å². The Morgan fingerprint density at radius 1 is 1.20 bits per heavy atom. The van der Waals surface area contributed by atoms with Crippen molar-refractivity contribution in [1.29, 1.82) is 5.26 Å². The molecule has 1 amide bonds. The van der Waals surface area contributed by atoms with E-state index in [4.69, 9.17) is 10.00 Å². The molecule has 3 N–H and O–H groups in total. The summed E-state index contributed by atoms with van der Waals surface area (Å²) >= 11 is 0. The van der Waals surface area contributed by atoms with E-state index in [0.717, 1.165) is 56.8 Å². The van der Waals surface area contributed by atoms with E-state index in [1.807, 2.05) is 0 Å². The summed E-state index contributed by atoms with van der Waals surface area (Å²) in [5.74, 6) is 0.899. The van der Waals surface area contributed by atoms with Gasteiger partial charge in [0.1, 0.15) is 11.5 Å². The molecular weight excluding hydrogens is 442 g/mol. The molecule has 1 atom stereocenters. The molecule has 1 unspecified atom stereocenters. The molecule has 0 aromatic heterocycles. The second-order valence-corrected chi connectivity index (χ2v) is 9.63. The van der Waals surface area contributed by atoms with Crippen LogP contribution in [0, 0.1) is 11.3 Å². The molecule has 1 saturated carbocycles. The van der Waals surface area contributed by atoms with Crippen molar-refractivity contribution in [3.05, 3.63) is 41.5 Å². The molecular formula is C27H33N5O3. The lowest BCUT2D eigenvalue weighted by molar-refractivity contribution is -0.122. The van der Waals surface area contributed by atoms with Crippen LogP contribution in [0.1, 0.15) is 49.7 Å². The molecule has 0 bridgehead atoms. The van der Waals surface area contributed by atoms with Crippen molar-refractivity contribution in [2.75, 3.05) is 54.8 Å². The third kappa shape index (κ3) is 4.87. The monoisotopic (exact) mass is 475 g/mol. The van der Waals surface area contributed by atoms with Gasteiger partial charge in [0.15, 0.2) is 6.10 Å². The number of nitrogens with zero attached hydrogens (tertiary/aromatic N) is 3. The van der Waals surface area contributed by atoms with Crippen molar-refractivity contribution in [2.45, 2.75) is 44.6 Å². The zero-order chi connectivity index (χ0) is 24.4. The molecule has 1 saturated heterocycles. The lowest BCUT2D eigenvalue weighted by atomic mass is 9.95. The number of hydrogen-bond donors (Lipinski definition) is 3. The number of amides is 1. The zero-order valence-corrected chi connectivity index (χ0v) is 20.2. The number of likely N-dealkylation sites (N-methyl/N-ethyl adjacent to an activating group) is 1. The number of fused-ring (bicyclic) bond motifs is 1. The summed E-state index contributed by atoms with van der Waals surface area (Å²) in [7, 11) is 0. The molecule has 3 aliphatic rings. The van der Waals surface area contributed by atoms with Gasteiger partial charge in [0.2, 0.25) is 0 Å². The summed E-state index contributed by atoms with van der Waals surface area (Å²) in [6.45, 7) is 7.20. The number of rotatable bonds is 5. The summed E-state index contributed by atoms with van der Waals surface area (Å²) in [5.41, 5.74) is 3.82. The van der Waals surface area contributed by atoms with Crippen LogP contribution in [0.5, 0.6) is 11.5 Å².